The van der Waals surface area contributed by atoms with Crippen molar-refractivity contribution in [3.05, 3.63) is 35.9 Å². The number of hydrogen-bond donors (Lipinski definition) is 1. The number of rotatable bonds is 5. The summed E-state index contributed by atoms with van der Waals surface area (Å²) in [6.07, 6.45) is -0.802. The van der Waals surface area contributed by atoms with E-state index in [0.29, 0.717) is 6.54 Å². The highest BCUT2D eigenvalue weighted by Gasteiger charge is 2.27. The Kier molecular flexibility index (Phi) is 5.47. The average molecular weight is 282 g/mol. The van der Waals surface area contributed by atoms with Crippen LogP contribution in [-0.2, 0) is 11.3 Å². The van der Waals surface area contributed by atoms with Gasteiger partial charge in [0.05, 0.1) is 12.5 Å². The molecule has 1 fully saturated rings. The molecular formula is C15H20F2N2O. The number of piperidine rings is 1. The summed E-state index contributed by atoms with van der Waals surface area (Å²) in [5.74, 6) is -0.340. The fraction of sp³-hybridized carbons (Fsp3) is 0.533. The van der Waals surface area contributed by atoms with Gasteiger partial charge in [0.25, 0.3) is 6.43 Å². The van der Waals surface area contributed by atoms with Crippen LogP contribution in [-0.4, -0.2) is 36.9 Å². The highest BCUT2D eigenvalue weighted by atomic mass is 19.3. The molecule has 1 heterocycles. The molecule has 20 heavy (non-hydrogen) atoms. The lowest BCUT2D eigenvalue weighted by atomic mass is 9.98. The molecule has 1 aliphatic rings. The van der Waals surface area contributed by atoms with Crippen molar-refractivity contribution in [3.8, 4) is 0 Å². The maximum atomic E-state index is 12.7. The summed E-state index contributed by atoms with van der Waals surface area (Å²) >= 11 is 0. The molecule has 1 amide bonds. The number of carbonyl (C=O) groups is 1. The Bertz CT molecular complexity index is 419. The van der Waals surface area contributed by atoms with Crippen molar-refractivity contribution in [3.63, 3.8) is 0 Å². The maximum Gasteiger partial charge on any atom is 0.255 e. The van der Waals surface area contributed by atoms with Crippen LogP contribution in [0, 0.1) is 5.92 Å². The van der Waals surface area contributed by atoms with Gasteiger partial charge >= 0.3 is 0 Å². The van der Waals surface area contributed by atoms with Gasteiger partial charge < -0.3 is 10.2 Å². The number of amides is 1. The first-order chi connectivity index (χ1) is 9.66. The molecule has 1 aromatic carbocycles. The molecule has 0 bridgehead atoms. The van der Waals surface area contributed by atoms with Crippen LogP contribution in [0.3, 0.4) is 0 Å². The lowest BCUT2D eigenvalue weighted by Crippen LogP contribution is -2.44. The van der Waals surface area contributed by atoms with Gasteiger partial charge in [-0.25, -0.2) is 8.78 Å². The summed E-state index contributed by atoms with van der Waals surface area (Å²) in [6.45, 7) is 1.25. The third-order valence-corrected chi connectivity index (χ3v) is 3.53. The number of nitrogens with one attached hydrogen (secondary N) is 1. The highest BCUT2D eigenvalue weighted by molar-refractivity contribution is 5.79. The van der Waals surface area contributed by atoms with E-state index in [-0.39, 0.29) is 18.4 Å². The van der Waals surface area contributed by atoms with E-state index in [1.54, 1.807) is 0 Å². The number of hydrogen-bond acceptors (Lipinski definition) is 2. The second kappa shape index (κ2) is 7.33. The van der Waals surface area contributed by atoms with E-state index < -0.39 is 13.0 Å². The fourth-order valence-corrected chi connectivity index (χ4v) is 2.52. The maximum absolute atomic E-state index is 12.7. The molecule has 1 aromatic rings. The number of alkyl halides is 2. The van der Waals surface area contributed by atoms with Crippen molar-refractivity contribution in [1.82, 2.24) is 10.2 Å². The van der Waals surface area contributed by atoms with E-state index in [1.807, 2.05) is 30.3 Å². The molecular weight excluding hydrogens is 262 g/mol. The molecule has 0 saturated carbocycles. The Morgan fingerprint density at radius 1 is 1.35 bits per heavy atom. The largest absolute Gasteiger partial charge is 0.332 e. The van der Waals surface area contributed by atoms with Gasteiger partial charge in [-0.15, -0.1) is 0 Å². The molecule has 1 atom stereocenters. The summed E-state index contributed by atoms with van der Waals surface area (Å²) in [5, 5.41) is 3.15. The summed E-state index contributed by atoms with van der Waals surface area (Å²) in [4.78, 5) is 13.7. The van der Waals surface area contributed by atoms with Crippen LogP contribution in [0.25, 0.3) is 0 Å². The van der Waals surface area contributed by atoms with Gasteiger partial charge in [-0.05, 0) is 24.9 Å². The Labute approximate surface area is 118 Å². The van der Waals surface area contributed by atoms with Crippen LogP contribution in [0.5, 0.6) is 0 Å². The van der Waals surface area contributed by atoms with Crippen LogP contribution < -0.4 is 5.32 Å². The van der Waals surface area contributed by atoms with E-state index in [0.717, 1.165) is 24.9 Å². The minimum atomic E-state index is -2.50. The number of carbonyl (C=O) groups excluding carboxylic acids is 1. The number of benzene rings is 1. The van der Waals surface area contributed by atoms with Crippen molar-refractivity contribution in [2.75, 3.05) is 19.6 Å². The molecule has 1 saturated heterocycles. The smallest absolute Gasteiger partial charge is 0.255 e. The third-order valence-electron chi connectivity index (χ3n) is 3.53. The van der Waals surface area contributed by atoms with E-state index in [2.05, 4.69) is 5.32 Å². The van der Waals surface area contributed by atoms with Gasteiger partial charge in [0.15, 0.2) is 0 Å². The molecule has 1 unspecified atom stereocenters. The number of nitrogens with zero attached hydrogens (tertiary/aromatic N) is 1. The second-order valence-corrected chi connectivity index (χ2v) is 5.14. The van der Waals surface area contributed by atoms with Gasteiger partial charge in [0, 0.05) is 13.1 Å². The van der Waals surface area contributed by atoms with Gasteiger partial charge in [-0.2, -0.15) is 0 Å². The van der Waals surface area contributed by atoms with E-state index >= 15 is 0 Å². The van der Waals surface area contributed by atoms with Crippen molar-refractivity contribution < 1.29 is 13.6 Å². The van der Waals surface area contributed by atoms with Gasteiger partial charge in [0.1, 0.15) is 0 Å². The molecule has 2 rings (SSSR count). The van der Waals surface area contributed by atoms with Crippen LogP contribution in [0.15, 0.2) is 30.3 Å². The molecule has 0 aliphatic carbocycles. The molecule has 110 valence electrons. The Morgan fingerprint density at radius 2 is 2.10 bits per heavy atom. The molecule has 5 heteroatoms. The van der Waals surface area contributed by atoms with Crippen molar-refractivity contribution in [1.29, 1.82) is 0 Å². The summed E-state index contributed by atoms with van der Waals surface area (Å²) in [7, 11) is 0. The molecule has 1 aliphatic heterocycles. The minimum absolute atomic E-state index is 0.165. The first kappa shape index (κ1) is 14.9. The van der Waals surface area contributed by atoms with E-state index in [4.69, 9.17) is 0 Å². The van der Waals surface area contributed by atoms with Crippen LogP contribution in [0.4, 0.5) is 8.78 Å². The Hall–Kier alpha value is -1.49. The third kappa shape index (κ3) is 4.27. The molecule has 0 aromatic heterocycles. The lowest BCUT2D eigenvalue weighted by Gasteiger charge is -2.29. The minimum Gasteiger partial charge on any atom is -0.332 e. The standard InChI is InChI=1S/C15H20F2N2O/c16-14(17)11-19(10-12-5-2-1-3-6-12)15(20)13-7-4-8-18-9-13/h1-3,5-6,13-14,18H,4,7-11H2. The van der Waals surface area contributed by atoms with Crippen molar-refractivity contribution >= 4 is 5.91 Å². The van der Waals surface area contributed by atoms with Crippen molar-refractivity contribution in [2.45, 2.75) is 25.8 Å². The highest BCUT2D eigenvalue weighted by Crippen LogP contribution is 2.16. The zero-order chi connectivity index (χ0) is 14.4. The Morgan fingerprint density at radius 3 is 2.70 bits per heavy atom. The summed E-state index contributed by atoms with van der Waals surface area (Å²) in [5.41, 5.74) is 0.880. The lowest BCUT2D eigenvalue weighted by molar-refractivity contribution is -0.138. The molecule has 3 nitrogen and oxygen atoms in total. The van der Waals surface area contributed by atoms with Crippen LogP contribution in [0.2, 0.25) is 0 Å². The number of halogens is 2. The first-order valence-corrected chi connectivity index (χ1v) is 6.98. The SMILES string of the molecule is O=C(C1CCCNC1)N(Cc1ccccc1)CC(F)F. The fourth-order valence-electron chi connectivity index (χ4n) is 2.52. The Balaban J connectivity index is 2.04. The predicted octanol–water partition coefficient (Wildman–Crippen LogP) is 2.28. The molecule has 0 radical (unpaired) electrons. The zero-order valence-electron chi connectivity index (χ0n) is 11.4. The van der Waals surface area contributed by atoms with Crippen molar-refractivity contribution in [2.24, 2.45) is 5.92 Å². The zero-order valence-corrected chi connectivity index (χ0v) is 11.4. The average Bonchev–Trinajstić information content (AvgIpc) is 2.47. The summed E-state index contributed by atoms with van der Waals surface area (Å²) in [6, 6.07) is 9.27. The monoisotopic (exact) mass is 282 g/mol. The normalized spacial score (nSPS) is 19.1. The molecule has 0 spiro atoms. The second-order valence-electron chi connectivity index (χ2n) is 5.14. The topological polar surface area (TPSA) is 32.3 Å². The summed E-state index contributed by atoms with van der Waals surface area (Å²) < 4.78 is 25.4. The first-order valence-electron chi connectivity index (χ1n) is 6.98. The van der Waals surface area contributed by atoms with Gasteiger partial charge in [-0.3, -0.25) is 4.79 Å². The van der Waals surface area contributed by atoms with Crippen LogP contribution >= 0.6 is 0 Å². The quantitative estimate of drug-likeness (QED) is 0.898. The predicted molar refractivity (Wildman–Crippen MR) is 73.5 cm³/mol. The van der Waals surface area contributed by atoms with Gasteiger partial charge in [0.2, 0.25) is 5.91 Å². The van der Waals surface area contributed by atoms with E-state index in [1.165, 1.54) is 4.90 Å². The molecule has 1 N–H and O–H groups in total. The van der Waals surface area contributed by atoms with Crippen LogP contribution in [0.1, 0.15) is 18.4 Å². The van der Waals surface area contributed by atoms with E-state index in [9.17, 15) is 13.6 Å². The van der Waals surface area contributed by atoms with Gasteiger partial charge in [-0.1, -0.05) is 30.3 Å².